The topological polar surface area (TPSA) is 69.2 Å². The van der Waals surface area contributed by atoms with Crippen LogP contribution in [0.5, 0.6) is 0 Å². The molecule has 0 unspecified atom stereocenters. The number of hydrogen-bond donors (Lipinski definition) is 2. The largest absolute Gasteiger partial charge is 0.379 e. The van der Waals surface area contributed by atoms with E-state index in [4.69, 9.17) is 4.74 Å². The minimum absolute atomic E-state index is 0.0185. The van der Waals surface area contributed by atoms with E-state index in [-0.39, 0.29) is 12.5 Å². The summed E-state index contributed by atoms with van der Waals surface area (Å²) in [5.41, 5.74) is 0.314. The number of aliphatic imine (C=N–C) groups is 1. The maximum absolute atomic E-state index is 11.9. The highest BCUT2D eigenvalue weighted by atomic mass is 16.5. The van der Waals surface area contributed by atoms with Gasteiger partial charge in [0.15, 0.2) is 5.96 Å². The van der Waals surface area contributed by atoms with E-state index in [1.165, 1.54) is 38.5 Å². The van der Waals surface area contributed by atoms with Gasteiger partial charge in [0.05, 0.1) is 13.2 Å². The maximum atomic E-state index is 11.9. The number of ether oxygens (including phenoxy) is 1. The lowest BCUT2D eigenvalue weighted by molar-refractivity contribution is -0.127. The van der Waals surface area contributed by atoms with Crippen LogP contribution >= 0.6 is 0 Å². The zero-order valence-corrected chi connectivity index (χ0v) is 17.6. The van der Waals surface area contributed by atoms with Gasteiger partial charge in [-0.05, 0) is 18.3 Å². The second-order valence-corrected chi connectivity index (χ2v) is 8.41. The van der Waals surface area contributed by atoms with Crippen molar-refractivity contribution in [2.45, 2.75) is 45.4 Å². The second-order valence-electron chi connectivity index (χ2n) is 8.41. The van der Waals surface area contributed by atoms with Crippen molar-refractivity contribution in [3.05, 3.63) is 0 Å². The van der Waals surface area contributed by atoms with Crippen molar-refractivity contribution in [1.29, 1.82) is 0 Å². The number of carbonyl (C=O) groups is 1. The Morgan fingerprint density at radius 2 is 1.78 bits per heavy atom. The van der Waals surface area contributed by atoms with Crippen LogP contribution in [0.15, 0.2) is 4.99 Å². The molecule has 7 nitrogen and oxygen atoms in total. The summed E-state index contributed by atoms with van der Waals surface area (Å²) in [5, 5.41) is 6.93. The summed E-state index contributed by atoms with van der Waals surface area (Å²) in [4.78, 5) is 20.4. The summed E-state index contributed by atoms with van der Waals surface area (Å²) in [7, 11) is 3.53. The van der Waals surface area contributed by atoms with Crippen molar-refractivity contribution in [3.8, 4) is 0 Å². The molecular weight excluding hydrogens is 342 g/mol. The Bertz CT molecular complexity index is 467. The average Bonchev–Trinajstić information content (AvgIpc) is 2.89. The average molecular weight is 382 g/mol. The van der Waals surface area contributed by atoms with Crippen LogP contribution in [0.25, 0.3) is 0 Å². The van der Waals surface area contributed by atoms with Crippen LogP contribution in [0, 0.1) is 5.41 Å². The van der Waals surface area contributed by atoms with E-state index in [2.05, 4.69) is 27.4 Å². The lowest BCUT2D eigenvalue weighted by Crippen LogP contribution is -2.47. The maximum Gasteiger partial charge on any atom is 0.243 e. The molecule has 0 bridgehead atoms. The van der Waals surface area contributed by atoms with Gasteiger partial charge in [0, 0.05) is 46.8 Å². The van der Waals surface area contributed by atoms with Crippen LogP contribution < -0.4 is 10.6 Å². The van der Waals surface area contributed by atoms with Crippen LogP contribution in [0.1, 0.15) is 45.4 Å². The van der Waals surface area contributed by atoms with Crippen molar-refractivity contribution in [2.24, 2.45) is 10.4 Å². The van der Waals surface area contributed by atoms with E-state index >= 15 is 0 Å². The van der Waals surface area contributed by atoms with Gasteiger partial charge in [0.1, 0.15) is 6.54 Å². The van der Waals surface area contributed by atoms with Crippen molar-refractivity contribution in [1.82, 2.24) is 20.4 Å². The van der Waals surface area contributed by atoms with Gasteiger partial charge in [-0.1, -0.05) is 32.6 Å². The predicted molar refractivity (Wildman–Crippen MR) is 110 cm³/mol. The molecular formula is C20H39N5O2. The number of rotatable bonds is 7. The molecule has 0 aromatic carbocycles. The first-order valence-electron chi connectivity index (χ1n) is 10.5. The Balaban J connectivity index is 1.85. The third-order valence-electron chi connectivity index (χ3n) is 5.69. The lowest BCUT2D eigenvalue weighted by atomic mass is 9.82. The number of amides is 1. The number of nitrogens with one attached hydrogen (secondary N) is 2. The van der Waals surface area contributed by atoms with Gasteiger partial charge >= 0.3 is 0 Å². The highest BCUT2D eigenvalue weighted by Gasteiger charge is 2.25. The normalized spacial score (nSPS) is 21.4. The third-order valence-corrected chi connectivity index (χ3v) is 5.69. The lowest BCUT2D eigenvalue weighted by Gasteiger charge is -2.30. The van der Waals surface area contributed by atoms with E-state index in [9.17, 15) is 4.79 Å². The first kappa shape index (κ1) is 22.0. The monoisotopic (exact) mass is 381 g/mol. The molecule has 7 heteroatoms. The molecule has 2 aliphatic rings. The van der Waals surface area contributed by atoms with Gasteiger partial charge in [-0.2, -0.15) is 0 Å². The Kier molecular flexibility index (Phi) is 9.34. The highest BCUT2D eigenvalue weighted by Crippen LogP contribution is 2.33. The smallest absolute Gasteiger partial charge is 0.243 e. The molecule has 2 fully saturated rings. The van der Waals surface area contributed by atoms with E-state index < -0.39 is 0 Å². The number of morpholine rings is 1. The summed E-state index contributed by atoms with van der Waals surface area (Å²) >= 11 is 0. The number of guanidine groups is 1. The fourth-order valence-corrected chi connectivity index (χ4v) is 3.68. The van der Waals surface area contributed by atoms with Gasteiger partial charge in [-0.3, -0.25) is 9.69 Å². The zero-order valence-electron chi connectivity index (χ0n) is 17.6. The molecule has 1 amide bonds. The van der Waals surface area contributed by atoms with Crippen LogP contribution in [0.2, 0.25) is 0 Å². The van der Waals surface area contributed by atoms with Crippen LogP contribution in [-0.4, -0.2) is 88.2 Å². The Morgan fingerprint density at radius 3 is 2.41 bits per heavy atom. The summed E-state index contributed by atoms with van der Waals surface area (Å²) in [6, 6.07) is 0. The summed E-state index contributed by atoms with van der Waals surface area (Å²) in [6.07, 6.45) is 7.86. The first-order chi connectivity index (χ1) is 13.0. The molecule has 1 saturated heterocycles. The molecule has 2 rings (SSSR count). The zero-order chi connectivity index (χ0) is 19.5. The van der Waals surface area contributed by atoms with Gasteiger partial charge < -0.3 is 20.3 Å². The molecule has 0 aromatic rings. The Hall–Kier alpha value is -1.34. The second kappa shape index (κ2) is 11.5. The molecule has 0 aromatic heterocycles. The van der Waals surface area contributed by atoms with Crippen molar-refractivity contribution >= 4 is 11.9 Å². The van der Waals surface area contributed by atoms with Crippen LogP contribution in [0.4, 0.5) is 0 Å². The van der Waals surface area contributed by atoms with E-state index in [1.54, 1.807) is 19.0 Å². The number of hydrogen-bond acceptors (Lipinski definition) is 4. The minimum Gasteiger partial charge on any atom is -0.379 e. The van der Waals surface area contributed by atoms with Crippen molar-refractivity contribution in [2.75, 3.05) is 66.6 Å². The summed E-state index contributed by atoms with van der Waals surface area (Å²) in [5.74, 6) is 0.772. The predicted octanol–water partition coefficient (Wildman–Crippen LogP) is 1.30. The van der Waals surface area contributed by atoms with Crippen LogP contribution in [0.3, 0.4) is 0 Å². The molecule has 0 radical (unpaired) electrons. The molecule has 0 atom stereocenters. The molecule has 2 N–H and O–H groups in total. The molecule has 0 spiro atoms. The standard InChI is InChI=1S/C20H39N5O2/c1-20(8-6-4-5-7-9-20)17-23-19(22-16-18(26)24(2)3)21-10-11-25-12-14-27-15-13-25/h4-17H2,1-3H3,(H2,21,22,23). The molecule has 1 aliphatic carbocycles. The van der Waals surface area contributed by atoms with Gasteiger partial charge in [0.25, 0.3) is 0 Å². The van der Waals surface area contributed by atoms with E-state index in [1.807, 2.05) is 0 Å². The third kappa shape index (κ3) is 8.47. The highest BCUT2D eigenvalue weighted by molar-refractivity contribution is 5.84. The quantitative estimate of drug-likeness (QED) is 0.395. The molecule has 1 aliphatic heterocycles. The van der Waals surface area contributed by atoms with Crippen molar-refractivity contribution < 1.29 is 9.53 Å². The molecule has 156 valence electrons. The Labute approximate surface area is 164 Å². The molecule has 27 heavy (non-hydrogen) atoms. The fraction of sp³-hybridized carbons (Fsp3) is 0.900. The molecule has 1 heterocycles. The summed E-state index contributed by atoms with van der Waals surface area (Å²) in [6.45, 7) is 8.84. The molecule has 1 saturated carbocycles. The number of carbonyl (C=O) groups excluding carboxylic acids is 1. The van der Waals surface area contributed by atoms with E-state index in [0.717, 1.165) is 51.9 Å². The number of nitrogens with zero attached hydrogens (tertiary/aromatic N) is 3. The minimum atomic E-state index is 0.0185. The van der Waals surface area contributed by atoms with E-state index in [0.29, 0.717) is 5.41 Å². The summed E-state index contributed by atoms with van der Waals surface area (Å²) < 4.78 is 5.40. The number of likely N-dealkylation sites (N-methyl/N-ethyl adjacent to an activating group) is 1. The Morgan fingerprint density at radius 1 is 1.11 bits per heavy atom. The van der Waals surface area contributed by atoms with Gasteiger partial charge in [-0.25, -0.2) is 4.99 Å². The first-order valence-corrected chi connectivity index (χ1v) is 10.5. The fourth-order valence-electron chi connectivity index (χ4n) is 3.68. The van der Waals surface area contributed by atoms with Crippen molar-refractivity contribution in [3.63, 3.8) is 0 Å². The SMILES string of the molecule is CN(C)C(=O)CN=C(NCCN1CCOCC1)NCC1(C)CCCCCC1. The van der Waals surface area contributed by atoms with Crippen LogP contribution in [-0.2, 0) is 9.53 Å². The van der Waals surface area contributed by atoms with Gasteiger partial charge in [0.2, 0.25) is 5.91 Å². The van der Waals surface area contributed by atoms with Gasteiger partial charge in [-0.15, -0.1) is 0 Å².